The van der Waals surface area contributed by atoms with Crippen molar-refractivity contribution in [3.63, 3.8) is 0 Å². The van der Waals surface area contributed by atoms with Crippen molar-refractivity contribution in [2.45, 2.75) is 38.5 Å². The molecule has 7 heteroatoms. The number of hydrogen-bond acceptors (Lipinski definition) is 5. The van der Waals surface area contributed by atoms with Gasteiger partial charge in [0.25, 0.3) is 0 Å². The molecule has 1 fully saturated rings. The number of ether oxygens (including phenoxy) is 2. The maximum atomic E-state index is 12.8. The number of carbonyl (C=O) groups excluding carboxylic acids is 2. The Balaban J connectivity index is 0.00000300. The summed E-state index contributed by atoms with van der Waals surface area (Å²) in [6.07, 6.45) is 5.97. The number of hydrogen-bond donors (Lipinski definition) is 2. The van der Waals surface area contributed by atoms with Gasteiger partial charge in [-0.3, -0.25) is 4.79 Å². The summed E-state index contributed by atoms with van der Waals surface area (Å²) in [6, 6.07) is 11.2. The van der Waals surface area contributed by atoms with E-state index in [9.17, 15) is 9.59 Å². The maximum absolute atomic E-state index is 12.8. The van der Waals surface area contributed by atoms with Crippen molar-refractivity contribution < 1.29 is 19.1 Å². The van der Waals surface area contributed by atoms with Gasteiger partial charge in [0.2, 0.25) is 5.91 Å². The second-order valence-corrected chi connectivity index (χ2v) is 7.51. The Morgan fingerprint density at radius 2 is 1.76 bits per heavy atom. The van der Waals surface area contributed by atoms with Crippen LogP contribution < -0.4 is 15.8 Å². The van der Waals surface area contributed by atoms with Crippen LogP contribution in [0.1, 0.15) is 38.5 Å². The number of benzene rings is 2. The second kappa shape index (κ2) is 10.5. The molecule has 1 aliphatic carbocycles. The van der Waals surface area contributed by atoms with Crippen LogP contribution in [0.4, 0.5) is 5.69 Å². The minimum Gasteiger partial charge on any atom is -0.481 e. The molecule has 6 nitrogen and oxygen atoms in total. The normalized spacial score (nSPS) is 15.2. The first kappa shape index (κ1) is 23.0. The van der Waals surface area contributed by atoms with Gasteiger partial charge >= 0.3 is 5.97 Å². The Kier molecular flexibility index (Phi) is 8.29. The molecule has 1 aliphatic rings. The van der Waals surface area contributed by atoms with Crippen molar-refractivity contribution in [1.82, 2.24) is 0 Å². The number of rotatable bonds is 7. The summed E-state index contributed by atoms with van der Waals surface area (Å²) in [5.74, 6) is 0.117. The Morgan fingerprint density at radius 3 is 2.41 bits per heavy atom. The molecule has 0 spiro atoms. The van der Waals surface area contributed by atoms with E-state index in [0.717, 1.165) is 42.1 Å². The quantitative estimate of drug-likeness (QED) is 0.659. The van der Waals surface area contributed by atoms with Gasteiger partial charge in [0, 0.05) is 22.9 Å². The smallest absolute Gasteiger partial charge is 0.343 e. The van der Waals surface area contributed by atoms with Crippen molar-refractivity contribution in [3.8, 4) is 5.75 Å². The SMILES string of the molecule is COC(=O)COc1ccc(NC(=O)CC2(CN)CCCCC2)c2ccccc12.Cl. The first-order valence-electron chi connectivity index (χ1n) is 9.78. The largest absolute Gasteiger partial charge is 0.481 e. The predicted octanol–water partition coefficient (Wildman–Crippen LogP) is 4.05. The molecule has 0 bridgehead atoms. The average molecular weight is 421 g/mol. The highest BCUT2D eigenvalue weighted by Crippen LogP contribution is 2.39. The molecule has 3 rings (SSSR count). The average Bonchev–Trinajstić information content (AvgIpc) is 2.73. The molecule has 158 valence electrons. The minimum absolute atomic E-state index is 0. The zero-order valence-electron chi connectivity index (χ0n) is 16.7. The maximum Gasteiger partial charge on any atom is 0.343 e. The third kappa shape index (κ3) is 5.61. The number of nitrogens with one attached hydrogen (secondary N) is 1. The minimum atomic E-state index is -0.443. The van der Waals surface area contributed by atoms with Gasteiger partial charge in [-0.1, -0.05) is 43.5 Å². The van der Waals surface area contributed by atoms with E-state index in [-0.39, 0.29) is 30.3 Å². The molecular formula is C22H29ClN2O4. The van der Waals surface area contributed by atoms with Crippen molar-refractivity contribution in [2.24, 2.45) is 11.1 Å². The molecule has 0 unspecified atom stereocenters. The summed E-state index contributed by atoms with van der Waals surface area (Å²) < 4.78 is 10.2. The van der Waals surface area contributed by atoms with Crippen LogP contribution in [0.3, 0.4) is 0 Å². The van der Waals surface area contributed by atoms with Gasteiger partial charge in [-0.25, -0.2) is 4.79 Å². The van der Waals surface area contributed by atoms with Crippen LogP contribution in [0.25, 0.3) is 10.8 Å². The Hall–Kier alpha value is -2.31. The van der Waals surface area contributed by atoms with Gasteiger partial charge in [-0.15, -0.1) is 12.4 Å². The third-order valence-corrected chi connectivity index (χ3v) is 5.61. The second-order valence-electron chi connectivity index (χ2n) is 7.51. The van der Waals surface area contributed by atoms with Gasteiger partial charge in [0.1, 0.15) is 5.75 Å². The lowest BCUT2D eigenvalue weighted by molar-refractivity contribution is -0.142. The molecule has 3 N–H and O–H groups in total. The molecule has 29 heavy (non-hydrogen) atoms. The summed E-state index contributed by atoms with van der Waals surface area (Å²) in [6.45, 7) is 0.382. The van der Waals surface area contributed by atoms with Crippen molar-refractivity contribution in [2.75, 3.05) is 25.6 Å². The summed E-state index contributed by atoms with van der Waals surface area (Å²) >= 11 is 0. The number of anilines is 1. The van der Waals surface area contributed by atoms with Crippen LogP contribution in [-0.2, 0) is 14.3 Å². The number of halogens is 1. The van der Waals surface area contributed by atoms with E-state index >= 15 is 0 Å². The van der Waals surface area contributed by atoms with E-state index in [2.05, 4.69) is 10.1 Å². The zero-order valence-corrected chi connectivity index (χ0v) is 17.6. The van der Waals surface area contributed by atoms with Gasteiger partial charge in [-0.2, -0.15) is 0 Å². The third-order valence-electron chi connectivity index (χ3n) is 5.61. The standard InChI is InChI=1S/C22H28N2O4.ClH/c1-27-21(26)14-28-19-10-9-18(16-7-3-4-8-17(16)19)24-20(25)13-22(15-23)11-5-2-6-12-22;/h3-4,7-10H,2,5-6,11-15,23H2,1H3,(H,24,25);1H. The van der Waals surface area contributed by atoms with E-state index in [1.165, 1.54) is 13.5 Å². The molecule has 0 heterocycles. The van der Waals surface area contributed by atoms with Gasteiger partial charge in [-0.05, 0) is 36.9 Å². The predicted molar refractivity (Wildman–Crippen MR) is 117 cm³/mol. The number of carbonyl (C=O) groups is 2. The van der Waals surface area contributed by atoms with E-state index in [4.69, 9.17) is 10.5 Å². The van der Waals surface area contributed by atoms with E-state index < -0.39 is 5.97 Å². The number of amides is 1. The van der Waals surface area contributed by atoms with E-state index in [1.54, 1.807) is 6.07 Å². The molecule has 2 aromatic rings. The lowest BCUT2D eigenvalue weighted by atomic mass is 9.71. The number of methoxy groups -OCH3 is 1. The van der Waals surface area contributed by atoms with Crippen LogP contribution in [0.5, 0.6) is 5.75 Å². The lowest BCUT2D eigenvalue weighted by Gasteiger charge is -2.35. The lowest BCUT2D eigenvalue weighted by Crippen LogP contribution is -2.36. The highest BCUT2D eigenvalue weighted by molar-refractivity contribution is 6.04. The van der Waals surface area contributed by atoms with Crippen LogP contribution in [0, 0.1) is 5.41 Å². The van der Waals surface area contributed by atoms with Gasteiger partial charge in [0.05, 0.1) is 7.11 Å². The summed E-state index contributed by atoms with van der Waals surface area (Å²) in [4.78, 5) is 24.1. The van der Waals surface area contributed by atoms with Crippen molar-refractivity contribution in [3.05, 3.63) is 36.4 Å². The first-order valence-corrected chi connectivity index (χ1v) is 9.78. The van der Waals surface area contributed by atoms with E-state index in [1.807, 2.05) is 30.3 Å². The number of fused-ring (bicyclic) bond motifs is 1. The van der Waals surface area contributed by atoms with Gasteiger partial charge in [0.15, 0.2) is 6.61 Å². The van der Waals surface area contributed by atoms with Crippen LogP contribution in [-0.4, -0.2) is 32.1 Å². The molecular weight excluding hydrogens is 392 g/mol. The molecule has 0 aliphatic heterocycles. The molecule has 0 atom stereocenters. The molecule has 2 aromatic carbocycles. The van der Waals surface area contributed by atoms with E-state index in [0.29, 0.717) is 18.7 Å². The molecule has 0 saturated heterocycles. The Morgan fingerprint density at radius 1 is 1.07 bits per heavy atom. The van der Waals surface area contributed by atoms with Crippen molar-refractivity contribution in [1.29, 1.82) is 0 Å². The molecule has 0 radical (unpaired) electrons. The van der Waals surface area contributed by atoms with Crippen LogP contribution >= 0.6 is 12.4 Å². The monoisotopic (exact) mass is 420 g/mol. The molecule has 1 saturated carbocycles. The van der Waals surface area contributed by atoms with Gasteiger partial charge < -0.3 is 20.5 Å². The fraction of sp³-hybridized carbons (Fsp3) is 0.455. The number of nitrogens with two attached hydrogens (primary N) is 1. The first-order chi connectivity index (χ1) is 13.6. The molecule has 0 aromatic heterocycles. The fourth-order valence-corrected chi connectivity index (χ4v) is 3.99. The fourth-order valence-electron chi connectivity index (χ4n) is 3.99. The molecule has 1 amide bonds. The Bertz CT molecular complexity index is 850. The highest BCUT2D eigenvalue weighted by atomic mass is 35.5. The zero-order chi connectivity index (χ0) is 20.0. The van der Waals surface area contributed by atoms with Crippen molar-refractivity contribution >= 4 is 40.7 Å². The van der Waals surface area contributed by atoms with Crippen LogP contribution in [0.2, 0.25) is 0 Å². The topological polar surface area (TPSA) is 90.6 Å². The summed E-state index contributed by atoms with van der Waals surface area (Å²) in [5, 5.41) is 4.75. The highest BCUT2D eigenvalue weighted by Gasteiger charge is 2.33. The Labute approximate surface area is 177 Å². The number of esters is 1. The van der Waals surface area contributed by atoms with Crippen LogP contribution in [0.15, 0.2) is 36.4 Å². The summed E-state index contributed by atoms with van der Waals surface area (Å²) in [5.41, 5.74) is 6.67. The summed E-state index contributed by atoms with van der Waals surface area (Å²) in [7, 11) is 1.32.